The number of nitrogens with one attached hydrogen (secondary N) is 1. The fourth-order valence-corrected chi connectivity index (χ4v) is 3.79. The van der Waals surface area contributed by atoms with E-state index in [1.54, 1.807) is 6.26 Å². The second-order valence-electron chi connectivity index (χ2n) is 6.42. The maximum Gasteiger partial charge on any atom is 0.0848 e. The highest BCUT2D eigenvalue weighted by atomic mass is 32.2. The van der Waals surface area contributed by atoms with Crippen LogP contribution in [0.4, 0.5) is 0 Å². The summed E-state index contributed by atoms with van der Waals surface area (Å²) in [6, 6.07) is 7.05. The largest absolute Gasteiger partial charge is 0.361 e. The number of likely N-dealkylation sites (N-methyl/N-ethyl adjacent to an activating group) is 1. The summed E-state index contributed by atoms with van der Waals surface area (Å²) in [7, 11) is 1.23. The van der Waals surface area contributed by atoms with Gasteiger partial charge in [-0.15, -0.1) is 0 Å². The van der Waals surface area contributed by atoms with Gasteiger partial charge in [0.1, 0.15) is 0 Å². The van der Waals surface area contributed by atoms with Crippen LogP contribution < -0.4 is 5.73 Å². The van der Waals surface area contributed by atoms with Crippen LogP contribution in [0.3, 0.4) is 0 Å². The first-order chi connectivity index (χ1) is 10.5. The van der Waals surface area contributed by atoms with E-state index in [9.17, 15) is 4.21 Å². The predicted octanol–water partition coefficient (Wildman–Crippen LogP) is 2.01. The summed E-state index contributed by atoms with van der Waals surface area (Å²) < 4.78 is 11.5. The third kappa shape index (κ3) is 3.26. The number of nitrogens with two attached hydrogens (primary N) is 1. The van der Waals surface area contributed by atoms with Crippen LogP contribution in [0, 0.1) is 0 Å². The number of aromatic nitrogens is 1. The number of hydrogen-bond donors (Lipinski definition) is 2. The summed E-state index contributed by atoms with van der Waals surface area (Å²) in [6.07, 6.45) is 8.13. The number of fused-ring (bicyclic) bond motifs is 1. The number of likely N-dealkylation sites (tertiary alicyclic amines) is 1. The SMILES string of the molecule is CN1CCCC1Cc1c[nH]c2ccc(CC(N)S(C)=O)cc12. The molecule has 0 bridgehead atoms. The molecule has 3 atom stereocenters. The Morgan fingerprint density at radius 1 is 1.50 bits per heavy atom. The number of H-pyrrole nitrogens is 1. The molecular formula is C17H25N3OS. The topological polar surface area (TPSA) is 62.1 Å². The third-order valence-corrected chi connectivity index (χ3v) is 5.84. The average molecular weight is 319 g/mol. The quantitative estimate of drug-likeness (QED) is 0.886. The van der Waals surface area contributed by atoms with Gasteiger partial charge in [-0.2, -0.15) is 0 Å². The fraction of sp³-hybridized carbons (Fsp3) is 0.529. The van der Waals surface area contributed by atoms with Crippen molar-refractivity contribution in [3.8, 4) is 0 Å². The summed E-state index contributed by atoms with van der Waals surface area (Å²) in [5, 5.41) is 0.993. The first-order valence-electron chi connectivity index (χ1n) is 7.91. The van der Waals surface area contributed by atoms with Crippen LogP contribution in [-0.4, -0.2) is 45.4 Å². The Kier molecular flexibility index (Phi) is 4.66. The van der Waals surface area contributed by atoms with Crippen LogP contribution in [0.1, 0.15) is 24.0 Å². The Bertz CT molecular complexity index is 682. The van der Waals surface area contributed by atoms with Gasteiger partial charge in [0, 0.05) is 40.2 Å². The lowest BCUT2D eigenvalue weighted by Gasteiger charge is -2.18. The van der Waals surface area contributed by atoms with Crippen molar-refractivity contribution in [2.45, 2.75) is 37.1 Å². The molecule has 1 aromatic heterocycles. The Morgan fingerprint density at radius 2 is 2.32 bits per heavy atom. The molecule has 3 rings (SSSR count). The van der Waals surface area contributed by atoms with Gasteiger partial charge >= 0.3 is 0 Å². The van der Waals surface area contributed by atoms with Crippen molar-refractivity contribution in [2.24, 2.45) is 5.73 Å². The normalized spacial score (nSPS) is 22.2. The van der Waals surface area contributed by atoms with Crippen molar-refractivity contribution in [1.82, 2.24) is 9.88 Å². The molecule has 1 aromatic carbocycles. The van der Waals surface area contributed by atoms with Crippen LogP contribution in [0.25, 0.3) is 10.9 Å². The van der Waals surface area contributed by atoms with Crippen molar-refractivity contribution in [1.29, 1.82) is 0 Å². The molecule has 1 saturated heterocycles. The highest BCUT2D eigenvalue weighted by Gasteiger charge is 2.22. The summed E-state index contributed by atoms with van der Waals surface area (Å²) in [6.45, 7) is 1.20. The Hall–Kier alpha value is -1.17. The number of nitrogens with zero attached hydrogens (tertiary/aromatic N) is 1. The van der Waals surface area contributed by atoms with Crippen molar-refractivity contribution >= 4 is 21.7 Å². The third-order valence-electron chi connectivity index (χ3n) is 4.82. The summed E-state index contributed by atoms with van der Waals surface area (Å²) in [5.41, 5.74) is 9.65. The molecule has 0 amide bonds. The molecule has 5 heteroatoms. The zero-order valence-electron chi connectivity index (χ0n) is 13.3. The summed E-state index contributed by atoms with van der Waals surface area (Å²) in [5.74, 6) is 0. The molecular weight excluding hydrogens is 294 g/mol. The van der Waals surface area contributed by atoms with E-state index >= 15 is 0 Å². The van der Waals surface area contributed by atoms with Crippen LogP contribution in [0.5, 0.6) is 0 Å². The number of aromatic amines is 1. The maximum absolute atomic E-state index is 11.5. The van der Waals surface area contributed by atoms with Crippen LogP contribution >= 0.6 is 0 Å². The number of benzene rings is 1. The molecule has 22 heavy (non-hydrogen) atoms. The molecule has 0 aliphatic carbocycles. The average Bonchev–Trinajstić information content (AvgIpc) is 3.07. The highest BCUT2D eigenvalue weighted by Crippen LogP contribution is 2.25. The van der Waals surface area contributed by atoms with E-state index in [2.05, 4.69) is 41.3 Å². The van der Waals surface area contributed by atoms with Gasteiger partial charge < -0.3 is 15.6 Å². The van der Waals surface area contributed by atoms with Gasteiger partial charge in [-0.1, -0.05) is 6.07 Å². The molecule has 4 nitrogen and oxygen atoms in total. The van der Waals surface area contributed by atoms with Gasteiger partial charge in [0.05, 0.1) is 5.37 Å². The minimum absolute atomic E-state index is 0.291. The van der Waals surface area contributed by atoms with Crippen molar-refractivity contribution in [2.75, 3.05) is 19.8 Å². The number of hydrogen-bond acceptors (Lipinski definition) is 3. The number of rotatable bonds is 5. The van der Waals surface area contributed by atoms with Crippen molar-refractivity contribution < 1.29 is 4.21 Å². The lowest BCUT2D eigenvalue weighted by molar-refractivity contribution is 0.310. The van der Waals surface area contributed by atoms with E-state index in [1.807, 2.05) is 0 Å². The van der Waals surface area contributed by atoms with Gasteiger partial charge in [0.25, 0.3) is 0 Å². The van der Waals surface area contributed by atoms with E-state index in [1.165, 1.54) is 35.9 Å². The van der Waals surface area contributed by atoms with E-state index < -0.39 is 10.8 Å². The van der Waals surface area contributed by atoms with E-state index in [0.717, 1.165) is 12.0 Å². The molecule has 1 aliphatic rings. The molecule has 3 unspecified atom stereocenters. The van der Waals surface area contributed by atoms with Gasteiger partial charge in [-0.05, 0) is 62.5 Å². The first kappa shape index (κ1) is 15.7. The Balaban J connectivity index is 1.83. The van der Waals surface area contributed by atoms with E-state index in [4.69, 9.17) is 5.73 Å². The fourth-order valence-electron chi connectivity index (χ4n) is 3.36. The molecule has 120 valence electrons. The minimum atomic E-state index is -0.985. The van der Waals surface area contributed by atoms with Crippen LogP contribution in [-0.2, 0) is 23.6 Å². The van der Waals surface area contributed by atoms with Gasteiger partial charge in [0.15, 0.2) is 0 Å². The lowest BCUT2D eigenvalue weighted by atomic mass is 10.0. The smallest absolute Gasteiger partial charge is 0.0848 e. The monoisotopic (exact) mass is 319 g/mol. The molecule has 2 heterocycles. The minimum Gasteiger partial charge on any atom is -0.361 e. The standard InChI is InChI=1S/C17H25N3OS/c1-20-7-3-4-14(20)10-13-11-19-16-6-5-12(8-15(13)16)9-17(18)22(2)21/h5-6,8,11,14,17,19H,3-4,7,9-10,18H2,1-2H3. The molecule has 2 aromatic rings. The lowest BCUT2D eigenvalue weighted by Crippen LogP contribution is -2.27. The molecule has 1 aliphatic heterocycles. The Labute approximate surface area is 134 Å². The van der Waals surface area contributed by atoms with E-state index in [0.29, 0.717) is 12.5 Å². The van der Waals surface area contributed by atoms with Crippen molar-refractivity contribution in [3.05, 3.63) is 35.5 Å². The predicted molar refractivity (Wildman–Crippen MR) is 93.4 cm³/mol. The first-order valence-corrected chi connectivity index (χ1v) is 9.53. The van der Waals surface area contributed by atoms with Gasteiger partial charge in [-0.25, -0.2) is 0 Å². The Morgan fingerprint density at radius 3 is 3.00 bits per heavy atom. The zero-order valence-corrected chi connectivity index (χ0v) is 14.2. The molecule has 1 fully saturated rings. The second kappa shape index (κ2) is 6.52. The van der Waals surface area contributed by atoms with Gasteiger partial charge in [0.2, 0.25) is 0 Å². The molecule has 0 saturated carbocycles. The molecule has 0 spiro atoms. The summed E-state index contributed by atoms with van der Waals surface area (Å²) in [4.78, 5) is 5.83. The summed E-state index contributed by atoms with van der Waals surface area (Å²) >= 11 is 0. The van der Waals surface area contributed by atoms with Gasteiger partial charge in [-0.3, -0.25) is 4.21 Å². The zero-order chi connectivity index (χ0) is 15.7. The molecule has 3 N–H and O–H groups in total. The van der Waals surface area contributed by atoms with Crippen LogP contribution in [0.2, 0.25) is 0 Å². The highest BCUT2D eigenvalue weighted by molar-refractivity contribution is 7.84. The van der Waals surface area contributed by atoms with Crippen LogP contribution in [0.15, 0.2) is 24.4 Å². The maximum atomic E-state index is 11.5. The second-order valence-corrected chi connectivity index (χ2v) is 8.02. The molecule has 0 radical (unpaired) electrons. The van der Waals surface area contributed by atoms with E-state index in [-0.39, 0.29) is 5.37 Å². The van der Waals surface area contributed by atoms with Crippen molar-refractivity contribution in [3.63, 3.8) is 0 Å².